The van der Waals surface area contributed by atoms with Crippen LogP contribution >= 0.6 is 0 Å². The van der Waals surface area contributed by atoms with E-state index in [9.17, 15) is 30.3 Å². The van der Waals surface area contributed by atoms with E-state index >= 15 is 0 Å². The van der Waals surface area contributed by atoms with Crippen LogP contribution in [0.1, 0.15) is 0 Å². The van der Waals surface area contributed by atoms with Gasteiger partial charge in [-0.25, -0.2) is 12.1 Å². The number of nitrogens with zero attached hydrogens (tertiary/aromatic N) is 3. The van der Waals surface area contributed by atoms with Gasteiger partial charge >= 0.3 is 11.4 Å². The number of rotatable bonds is 3. The van der Waals surface area contributed by atoms with Gasteiger partial charge in [0.05, 0.1) is 26.9 Å². The first-order valence-corrected chi connectivity index (χ1v) is 6.98. The molecule has 0 amide bonds. The Hall–Kier alpha value is -3.56. The molecule has 0 heterocycles. The zero-order valence-corrected chi connectivity index (χ0v) is 14.6. The molecule has 11 heteroatoms. The standard InChI is InChI=1S/C6H3N3O7.2C5H5.Fe/c10-6-4(8(13)14)1-3(7(11)12)2-5(6)9(15)16;2*1-2-4-5-3-1;/h1-2,10H;2*1-5H;/q;-5;-1;. The molecule has 10 nitrogen and oxygen atoms in total. The molecule has 0 aliphatic carbocycles. The van der Waals surface area contributed by atoms with Crippen molar-refractivity contribution in [2.45, 2.75) is 0 Å². The monoisotopic (exact) mass is 415 g/mol. The molecule has 0 aliphatic rings. The summed E-state index contributed by atoms with van der Waals surface area (Å²) < 4.78 is 0. The number of nitro groups is 3. The predicted molar refractivity (Wildman–Crippen MR) is 92.1 cm³/mol. The summed E-state index contributed by atoms with van der Waals surface area (Å²) in [5.41, 5.74) is -3.00. The van der Waals surface area contributed by atoms with Crippen molar-refractivity contribution >= 4 is 17.1 Å². The van der Waals surface area contributed by atoms with Crippen molar-refractivity contribution in [3.63, 3.8) is 0 Å². The Kier molecular flexibility index (Phi) is 10.3. The molecule has 3 aromatic carbocycles. The Balaban J connectivity index is 0.000000496. The van der Waals surface area contributed by atoms with Crippen LogP contribution in [0.5, 0.6) is 5.75 Å². The number of aromatic hydroxyl groups is 1. The van der Waals surface area contributed by atoms with E-state index in [0.29, 0.717) is 12.1 Å². The molecule has 0 fully saturated rings. The molecule has 0 spiro atoms. The van der Waals surface area contributed by atoms with Gasteiger partial charge < -0.3 is 35.4 Å². The average molecular weight is 415 g/mol. The van der Waals surface area contributed by atoms with Gasteiger partial charge in [-0.1, -0.05) is 0 Å². The van der Waals surface area contributed by atoms with Crippen molar-refractivity contribution in [2.75, 3.05) is 0 Å². The van der Waals surface area contributed by atoms with Crippen LogP contribution in [-0.2, 0) is 17.1 Å². The van der Waals surface area contributed by atoms with Gasteiger partial charge in [0.15, 0.2) is 0 Å². The van der Waals surface area contributed by atoms with Crippen molar-refractivity contribution in [3.05, 3.63) is 103 Å². The normalized spacial score (nSPS) is 8.74. The fourth-order valence-electron chi connectivity index (χ4n) is 1.62. The molecule has 0 aliphatic heterocycles. The second kappa shape index (κ2) is 11.9. The molecule has 1 N–H and O–H groups in total. The molecule has 3 aromatic rings. The van der Waals surface area contributed by atoms with Gasteiger partial charge in [0.1, 0.15) is 0 Å². The maximum atomic E-state index is 10.4. The van der Waals surface area contributed by atoms with E-state index in [1.165, 1.54) is 0 Å². The van der Waals surface area contributed by atoms with E-state index in [0.717, 1.165) is 0 Å². The van der Waals surface area contributed by atoms with Crippen LogP contribution in [0, 0.1) is 30.3 Å². The topological polar surface area (TPSA) is 150 Å². The summed E-state index contributed by atoms with van der Waals surface area (Å²) in [6.45, 7) is 0. The molecule has 148 valence electrons. The number of hydrogen-bond acceptors (Lipinski definition) is 7. The molecular formula is C16H13FeN3O7-6. The minimum atomic E-state index is -1.21. The number of phenolic OH excluding ortho intramolecular Hbond substituents is 1. The molecule has 0 unspecified atom stereocenters. The fourth-order valence-corrected chi connectivity index (χ4v) is 1.62. The molecule has 3 rings (SSSR count). The van der Waals surface area contributed by atoms with E-state index in [1.54, 1.807) is 0 Å². The molecular weight excluding hydrogens is 402 g/mol. The first-order chi connectivity index (χ1) is 12.3. The third-order valence-corrected chi connectivity index (χ3v) is 2.77. The minimum Gasteiger partial charge on any atom is -0.748 e. The Labute approximate surface area is 163 Å². The van der Waals surface area contributed by atoms with Crippen molar-refractivity contribution in [1.82, 2.24) is 0 Å². The summed E-state index contributed by atoms with van der Waals surface area (Å²) in [7, 11) is 0. The van der Waals surface area contributed by atoms with Crippen molar-refractivity contribution in [2.24, 2.45) is 0 Å². The summed E-state index contributed by atoms with van der Waals surface area (Å²) in [5, 5.41) is 40.2. The number of phenols is 1. The molecule has 0 bridgehead atoms. The predicted octanol–water partition coefficient (Wildman–Crippen LogP) is 3.93. The quantitative estimate of drug-likeness (QED) is 0.295. The Morgan fingerprint density at radius 1 is 0.741 bits per heavy atom. The van der Waals surface area contributed by atoms with E-state index < -0.39 is 37.6 Å². The van der Waals surface area contributed by atoms with E-state index in [4.69, 9.17) is 5.11 Å². The van der Waals surface area contributed by atoms with Gasteiger partial charge in [-0.2, -0.15) is 18.2 Å². The number of non-ortho nitro benzene ring substituents is 1. The smallest absolute Gasteiger partial charge is 0.324 e. The number of hydrogen-bond donors (Lipinski definition) is 1. The van der Waals surface area contributed by atoms with Crippen LogP contribution in [0.15, 0.2) is 72.8 Å². The van der Waals surface area contributed by atoms with Gasteiger partial charge in [0.25, 0.3) is 11.4 Å². The first-order valence-electron chi connectivity index (χ1n) is 6.98. The summed E-state index contributed by atoms with van der Waals surface area (Å²) in [4.78, 5) is 27.8. The first kappa shape index (κ1) is 23.4. The average Bonchev–Trinajstić information content (AvgIpc) is 3.32. The molecule has 0 aromatic heterocycles. The zero-order chi connectivity index (χ0) is 19.5. The van der Waals surface area contributed by atoms with Crippen LogP contribution in [0.4, 0.5) is 17.1 Å². The zero-order valence-electron chi connectivity index (χ0n) is 13.5. The maximum Gasteiger partial charge on any atom is 0.324 e. The molecule has 0 radical (unpaired) electrons. The Bertz CT molecular complexity index is 753. The molecule has 0 saturated carbocycles. The third kappa shape index (κ3) is 7.90. The van der Waals surface area contributed by atoms with Gasteiger partial charge in [-0.3, -0.25) is 30.3 Å². The Morgan fingerprint density at radius 2 is 1.11 bits per heavy atom. The third-order valence-electron chi connectivity index (χ3n) is 2.77. The summed E-state index contributed by atoms with van der Waals surface area (Å²) in [5.74, 6) is -1.21. The molecule has 0 atom stereocenters. The van der Waals surface area contributed by atoms with Crippen LogP contribution < -0.4 is 0 Å². The van der Waals surface area contributed by atoms with Crippen LogP contribution in [-0.4, -0.2) is 19.9 Å². The SMILES string of the molecule is O=[N+]([O-])c1cc([N+](=O)[O-])c(O)c([N+](=O)[O-])c1.[Fe].[cH-]1[cH-][cH-][cH-][cH-]1.c1cc[cH-]c1. The second-order valence-corrected chi connectivity index (χ2v) is 4.53. The van der Waals surface area contributed by atoms with Gasteiger partial charge in [0, 0.05) is 17.1 Å². The second-order valence-electron chi connectivity index (χ2n) is 4.53. The van der Waals surface area contributed by atoms with Crippen molar-refractivity contribution in [1.29, 1.82) is 0 Å². The molecule has 27 heavy (non-hydrogen) atoms. The maximum absolute atomic E-state index is 10.4. The largest absolute Gasteiger partial charge is 0.748 e. The fraction of sp³-hybridized carbons (Fsp3) is 0. The number of nitro benzene ring substituents is 3. The summed E-state index contributed by atoms with van der Waals surface area (Å²) >= 11 is 0. The van der Waals surface area contributed by atoms with Crippen LogP contribution in [0.25, 0.3) is 0 Å². The van der Waals surface area contributed by atoms with E-state index in [1.807, 2.05) is 60.7 Å². The van der Waals surface area contributed by atoms with Crippen LogP contribution in [0.3, 0.4) is 0 Å². The van der Waals surface area contributed by atoms with E-state index in [2.05, 4.69) is 0 Å². The van der Waals surface area contributed by atoms with Gasteiger partial charge in [-0.15, -0.1) is 0 Å². The van der Waals surface area contributed by atoms with Gasteiger partial charge in [0.2, 0.25) is 0 Å². The molecule has 0 saturated heterocycles. The summed E-state index contributed by atoms with van der Waals surface area (Å²) in [6, 6.07) is 20.9. The van der Waals surface area contributed by atoms with Gasteiger partial charge in [-0.05, 0) is 0 Å². The number of benzene rings is 1. The Morgan fingerprint density at radius 3 is 1.33 bits per heavy atom. The minimum absolute atomic E-state index is 0. The van der Waals surface area contributed by atoms with Crippen molar-refractivity contribution < 1.29 is 36.9 Å². The summed E-state index contributed by atoms with van der Waals surface area (Å²) in [6.07, 6.45) is 0. The van der Waals surface area contributed by atoms with E-state index in [-0.39, 0.29) is 17.1 Å². The van der Waals surface area contributed by atoms with Crippen molar-refractivity contribution in [3.8, 4) is 5.75 Å². The van der Waals surface area contributed by atoms with Crippen LogP contribution in [0.2, 0.25) is 0 Å².